The van der Waals surface area contributed by atoms with Crippen molar-refractivity contribution in [3.05, 3.63) is 48.0 Å². The Morgan fingerprint density at radius 1 is 1.14 bits per heavy atom. The number of amides is 1. The molecule has 1 unspecified atom stereocenters. The molecule has 0 bridgehead atoms. The number of carbonyl (C=O) groups is 2. The second-order valence-corrected chi connectivity index (χ2v) is 5.32. The summed E-state index contributed by atoms with van der Waals surface area (Å²) in [5.74, 6) is -0.449. The molecule has 0 N–H and O–H groups in total. The molecule has 0 aromatic heterocycles. The molecule has 2 aromatic carbocycles. The summed E-state index contributed by atoms with van der Waals surface area (Å²) in [7, 11) is 1.39. The molecule has 2 aromatic rings. The Bertz CT molecular complexity index is 695. The number of carbonyl (C=O) groups excluding carboxylic acids is 2. The minimum absolute atomic E-state index is 0.0212. The molecule has 0 saturated carbocycles. The van der Waals surface area contributed by atoms with Crippen LogP contribution in [0, 0.1) is 5.92 Å². The number of nitrogens with zero attached hydrogens (tertiary/aromatic N) is 1. The number of likely N-dealkylation sites (tertiary alicyclic amines) is 1. The van der Waals surface area contributed by atoms with Gasteiger partial charge in [-0.1, -0.05) is 30.3 Å². The van der Waals surface area contributed by atoms with Crippen LogP contribution in [0.3, 0.4) is 0 Å². The fourth-order valence-corrected chi connectivity index (χ4v) is 2.81. The second kappa shape index (κ2) is 5.56. The average molecular weight is 283 g/mol. The standard InChI is InChI=1S/C17H17NO3/c1-21-17(20)15-8-9-18(11-15)16(19)14-7-6-12-4-2-3-5-13(12)10-14/h2-7,10,15H,8-9,11H2,1H3. The summed E-state index contributed by atoms with van der Waals surface area (Å²) in [4.78, 5) is 25.8. The third-order valence-corrected chi connectivity index (χ3v) is 4.01. The Kier molecular flexibility index (Phi) is 3.60. The molecule has 1 atom stereocenters. The van der Waals surface area contributed by atoms with Gasteiger partial charge in [0, 0.05) is 18.7 Å². The van der Waals surface area contributed by atoms with Crippen molar-refractivity contribution < 1.29 is 14.3 Å². The van der Waals surface area contributed by atoms with Crippen LogP contribution in [0.2, 0.25) is 0 Å². The van der Waals surface area contributed by atoms with Crippen molar-refractivity contribution in [3.63, 3.8) is 0 Å². The smallest absolute Gasteiger partial charge is 0.310 e. The molecule has 1 saturated heterocycles. The highest BCUT2D eigenvalue weighted by Gasteiger charge is 2.32. The molecule has 1 heterocycles. The Labute approximate surface area is 123 Å². The Hall–Kier alpha value is -2.36. The van der Waals surface area contributed by atoms with Crippen molar-refractivity contribution in [1.82, 2.24) is 4.90 Å². The van der Waals surface area contributed by atoms with E-state index in [0.717, 1.165) is 10.8 Å². The third kappa shape index (κ3) is 2.61. The normalized spacial score (nSPS) is 18.0. The Morgan fingerprint density at radius 2 is 1.90 bits per heavy atom. The van der Waals surface area contributed by atoms with E-state index in [-0.39, 0.29) is 17.8 Å². The van der Waals surface area contributed by atoms with Crippen molar-refractivity contribution >= 4 is 22.6 Å². The first kappa shape index (κ1) is 13.6. The SMILES string of the molecule is COC(=O)C1CCN(C(=O)c2ccc3ccccc3c2)C1. The number of esters is 1. The maximum Gasteiger partial charge on any atom is 0.310 e. The average Bonchev–Trinajstić information content (AvgIpc) is 3.03. The number of benzene rings is 2. The maximum atomic E-state index is 12.5. The maximum absolute atomic E-state index is 12.5. The van der Waals surface area contributed by atoms with Crippen LogP contribution in [0.15, 0.2) is 42.5 Å². The van der Waals surface area contributed by atoms with E-state index in [1.54, 1.807) is 4.90 Å². The monoisotopic (exact) mass is 283 g/mol. The van der Waals surface area contributed by atoms with Crippen LogP contribution < -0.4 is 0 Å². The molecular weight excluding hydrogens is 266 g/mol. The molecule has 1 fully saturated rings. The van der Waals surface area contributed by atoms with E-state index in [1.807, 2.05) is 42.5 Å². The van der Waals surface area contributed by atoms with E-state index in [1.165, 1.54) is 7.11 Å². The third-order valence-electron chi connectivity index (χ3n) is 4.01. The zero-order valence-corrected chi connectivity index (χ0v) is 11.9. The summed E-state index contributed by atoms with van der Waals surface area (Å²) in [5, 5.41) is 2.16. The van der Waals surface area contributed by atoms with Gasteiger partial charge in [0.25, 0.3) is 5.91 Å². The highest BCUT2D eigenvalue weighted by atomic mass is 16.5. The van der Waals surface area contributed by atoms with Crippen LogP contribution in [0.5, 0.6) is 0 Å². The van der Waals surface area contributed by atoms with E-state index in [2.05, 4.69) is 0 Å². The van der Waals surface area contributed by atoms with Crippen LogP contribution in [0.4, 0.5) is 0 Å². The number of hydrogen-bond donors (Lipinski definition) is 0. The largest absolute Gasteiger partial charge is 0.469 e. The van der Waals surface area contributed by atoms with Gasteiger partial charge in [0.05, 0.1) is 13.0 Å². The van der Waals surface area contributed by atoms with Gasteiger partial charge in [-0.25, -0.2) is 0 Å². The Morgan fingerprint density at radius 3 is 2.67 bits per heavy atom. The number of ether oxygens (including phenoxy) is 1. The molecule has 108 valence electrons. The molecule has 0 aliphatic carbocycles. The van der Waals surface area contributed by atoms with Crippen LogP contribution in [-0.4, -0.2) is 37.0 Å². The van der Waals surface area contributed by atoms with E-state index < -0.39 is 0 Å². The van der Waals surface area contributed by atoms with Gasteiger partial charge in [-0.05, 0) is 29.3 Å². The van der Waals surface area contributed by atoms with Gasteiger partial charge in [-0.2, -0.15) is 0 Å². The number of fused-ring (bicyclic) bond motifs is 1. The summed E-state index contributed by atoms with van der Waals surface area (Å²) < 4.78 is 4.75. The number of hydrogen-bond acceptors (Lipinski definition) is 3. The fourth-order valence-electron chi connectivity index (χ4n) is 2.81. The van der Waals surface area contributed by atoms with E-state index in [0.29, 0.717) is 25.1 Å². The summed E-state index contributed by atoms with van der Waals surface area (Å²) in [6, 6.07) is 13.7. The Balaban J connectivity index is 1.79. The van der Waals surface area contributed by atoms with Gasteiger partial charge in [-0.15, -0.1) is 0 Å². The minimum atomic E-state index is -0.233. The topological polar surface area (TPSA) is 46.6 Å². The summed E-state index contributed by atoms with van der Waals surface area (Å²) in [6.45, 7) is 1.05. The van der Waals surface area contributed by atoms with Crippen molar-refractivity contribution in [2.24, 2.45) is 5.92 Å². The highest BCUT2D eigenvalue weighted by molar-refractivity contribution is 5.99. The lowest BCUT2D eigenvalue weighted by Crippen LogP contribution is -2.30. The summed E-state index contributed by atoms with van der Waals surface area (Å²) >= 11 is 0. The second-order valence-electron chi connectivity index (χ2n) is 5.32. The van der Waals surface area contributed by atoms with Crippen molar-refractivity contribution in [1.29, 1.82) is 0 Å². The zero-order valence-electron chi connectivity index (χ0n) is 11.9. The zero-order chi connectivity index (χ0) is 14.8. The molecule has 4 nitrogen and oxygen atoms in total. The minimum Gasteiger partial charge on any atom is -0.469 e. The molecule has 21 heavy (non-hydrogen) atoms. The van der Waals surface area contributed by atoms with Gasteiger partial charge in [0.2, 0.25) is 0 Å². The molecule has 0 spiro atoms. The number of rotatable bonds is 2. The van der Waals surface area contributed by atoms with Crippen LogP contribution in [-0.2, 0) is 9.53 Å². The van der Waals surface area contributed by atoms with Crippen molar-refractivity contribution in [2.45, 2.75) is 6.42 Å². The molecule has 1 aliphatic rings. The van der Waals surface area contributed by atoms with Crippen molar-refractivity contribution in [3.8, 4) is 0 Å². The van der Waals surface area contributed by atoms with Gasteiger partial charge >= 0.3 is 5.97 Å². The van der Waals surface area contributed by atoms with E-state index in [4.69, 9.17) is 4.74 Å². The van der Waals surface area contributed by atoms with Gasteiger partial charge in [0.15, 0.2) is 0 Å². The van der Waals surface area contributed by atoms with Gasteiger partial charge in [0.1, 0.15) is 0 Å². The fraction of sp³-hybridized carbons (Fsp3) is 0.294. The highest BCUT2D eigenvalue weighted by Crippen LogP contribution is 2.22. The van der Waals surface area contributed by atoms with Crippen LogP contribution in [0.1, 0.15) is 16.8 Å². The first-order chi connectivity index (χ1) is 10.2. The summed E-state index contributed by atoms with van der Waals surface area (Å²) in [6.07, 6.45) is 0.673. The predicted octanol–water partition coefficient (Wildman–Crippen LogP) is 2.47. The first-order valence-corrected chi connectivity index (χ1v) is 7.05. The van der Waals surface area contributed by atoms with E-state index in [9.17, 15) is 9.59 Å². The molecule has 1 amide bonds. The molecule has 1 aliphatic heterocycles. The predicted molar refractivity (Wildman–Crippen MR) is 80.0 cm³/mol. The number of methoxy groups -OCH3 is 1. The van der Waals surface area contributed by atoms with Gasteiger partial charge < -0.3 is 9.64 Å². The van der Waals surface area contributed by atoms with Gasteiger partial charge in [-0.3, -0.25) is 9.59 Å². The van der Waals surface area contributed by atoms with Crippen molar-refractivity contribution in [2.75, 3.05) is 20.2 Å². The van der Waals surface area contributed by atoms with E-state index >= 15 is 0 Å². The lowest BCUT2D eigenvalue weighted by Gasteiger charge is -2.16. The lowest BCUT2D eigenvalue weighted by atomic mass is 10.1. The quantitative estimate of drug-likeness (QED) is 0.795. The molecular formula is C17H17NO3. The lowest BCUT2D eigenvalue weighted by molar-refractivity contribution is -0.144. The van der Waals surface area contributed by atoms with Crippen LogP contribution in [0.25, 0.3) is 10.8 Å². The summed E-state index contributed by atoms with van der Waals surface area (Å²) in [5.41, 5.74) is 0.666. The molecule has 0 radical (unpaired) electrons. The van der Waals surface area contributed by atoms with Crippen LogP contribution >= 0.6 is 0 Å². The molecule has 3 rings (SSSR count). The first-order valence-electron chi connectivity index (χ1n) is 7.05. The molecule has 4 heteroatoms.